The molecule has 0 aromatic heterocycles. The van der Waals surface area contributed by atoms with E-state index < -0.39 is 35.2 Å². The maximum Gasteiger partial charge on any atom is 0.430 e. The van der Waals surface area contributed by atoms with Gasteiger partial charge in [0.15, 0.2) is 0 Å². The van der Waals surface area contributed by atoms with Crippen LogP contribution in [0.5, 0.6) is 0 Å². The fourth-order valence-corrected chi connectivity index (χ4v) is 4.33. The van der Waals surface area contributed by atoms with Gasteiger partial charge in [-0.05, 0) is 26.2 Å². The summed E-state index contributed by atoms with van der Waals surface area (Å²) < 4.78 is 52.6. The number of halogens is 3. The molecule has 2 heterocycles. The zero-order valence-electron chi connectivity index (χ0n) is 15.9. The van der Waals surface area contributed by atoms with Gasteiger partial charge < -0.3 is 14.4 Å². The second-order valence-electron chi connectivity index (χ2n) is 7.33. The van der Waals surface area contributed by atoms with E-state index in [-0.39, 0.29) is 17.6 Å². The molecule has 8 heteroatoms. The number of carbonyl (C=O) groups is 2. The number of esters is 1. The molecule has 1 aromatic carbocycles. The topological polar surface area (TPSA) is 55.8 Å². The zero-order valence-corrected chi connectivity index (χ0v) is 15.9. The molecule has 3 atom stereocenters. The maximum absolute atomic E-state index is 14.3. The summed E-state index contributed by atoms with van der Waals surface area (Å²) in [5.74, 6) is -1.85. The van der Waals surface area contributed by atoms with Crippen molar-refractivity contribution in [1.29, 1.82) is 0 Å². The van der Waals surface area contributed by atoms with Crippen LogP contribution in [0.1, 0.15) is 31.7 Å². The highest BCUT2D eigenvalue weighted by Crippen LogP contribution is 2.50. The molecule has 152 valence electrons. The summed E-state index contributed by atoms with van der Waals surface area (Å²) in [6.07, 6.45) is -2.20. The van der Waals surface area contributed by atoms with Gasteiger partial charge in [-0.1, -0.05) is 36.4 Å². The van der Waals surface area contributed by atoms with Crippen molar-refractivity contribution >= 4 is 11.9 Å². The van der Waals surface area contributed by atoms with Crippen molar-refractivity contribution in [3.8, 4) is 0 Å². The van der Waals surface area contributed by atoms with E-state index in [1.807, 2.05) is 0 Å². The predicted molar refractivity (Wildman–Crippen MR) is 94.2 cm³/mol. The minimum absolute atomic E-state index is 0.214. The zero-order chi connectivity index (χ0) is 20.7. The fourth-order valence-electron chi connectivity index (χ4n) is 4.33. The predicted octanol–water partition coefficient (Wildman–Crippen LogP) is 3.34. The van der Waals surface area contributed by atoms with E-state index in [4.69, 9.17) is 9.47 Å². The highest BCUT2D eigenvalue weighted by atomic mass is 19.4. The van der Waals surface area contributed by atoms with Gasteiger partial charge in [0.2, 0.25) is 0 Å². The molecule has 3 rings (SSSR count). The summed E-state index contributed by atoms with van der Waals surface area (Å²) in [7, 11) is 2.08. The van der Waals surface area contributed by atoms with Gasteiger partial charge in [-0.2, -0.15) is 13.2 Å². The van der Waals surface area contributed by atoms with Crippen LogP contribution in [0.2, 0.25) is 0 Å². The number of hydrogen-bond donors (Lipinski definition) is 0. The van der Waals surface area contributed by atoms with Crippen LogP contribution in [0, 0.1) is 0 Å². The van der Waals surface area contributed by atoms with Crippen LogP contribution < -0.4 is 0 Å². The second kappa shape index (κ2) is 6.92. The minimum atomic E-state index is -5.00. The van der Waals surface area contributed by atoms with E-state index in [1.54, 1.807) is 19.1 Å². The van der Waals surface area contributed by atoms with Gasteiger partial charge in [0.25, 0.3) is 11.5 Å². The van der Waals surface area contributed by atoms with Crippen molar-refractivity contribution in [2.45, 2.75) is 49.5 Å². The third-order valence-electron chi connectivity index (χ3n) is 5.80. The second-order valence-corrected chi connectivity index (χ2v) is 7.33. The van der Waals surface area contributed by atoms with Crippen molar-refractivity contribution < 1.29 is 32.2 Å². The summed E-state index contributed by atoms with van der Waals surface area (Å²) in [6.45, 7) is 1.73. The Morgan fingerprint density at radius 1 is 1.18 bits per heavy atom. The molecule has 0 unspecified atom stereocenters. The van der Waals surface area contributed by atoms with Crippen LogP contribution >= 0.6 is 0 Å². The number of fused-ring (bicyclic) bond motifs is 2. The van der Waals surface area contributed by atoms with Crippen LogP contribution in [-0.2, 0) is 24.7 Å². The van der Waals surface area contributed by atoms with Crippen LogP contribution in [0.3, 0.4) is 0 Å². The number of hydrogen-bond acceptors (Lipinski definition) is 4. The number of carbonyl (C=O) groups excluding carboxylic acids is 2. The molecule has 0 aliphatic carbocycles. The third kappa shape index (κ3) is 2.82. The number of ether oxygens (including phenoxy) is 2. The summed E-state index contributed by atoms with van der Waals surface area (Å²) >= 11 is 0. The molecule has 0 saturated carbocycles. The van der Waals surface area contributed by atoms with Crippen molar-refractivity contribution in [2.75, 3.05) is 14.2 Å². The van der Waals surface area contributed by atoms with Gasteiger partial charge >= 0.3 is 12.1 Å². The molecule has 2 aliphatic rings. The minimum Gasteiger partial charge on any atom is -0.466 e. The lowest BCUT2D eigenvalue weighted by atomic mass is 9.85. The quantitative estimate of drug-likeness (QED) is 0.732. The molecule has 28 heavy (non-hydrogen) atoms. The van der Waals surface area contributed by atoms with Crippen LogP contribution in [0.4, 0.5) is 13.2 Å². The Labute approximate surface area is 161 Å². The van der Waals surface area contributed by atoms with Gasteiger partial charge in [-0.3, -0.25) is 4.79 Å². The van der Waals surface area contributed by atoms with Gasteiger partial charge in [0, 0.05) is 18.2 Å². The molecular weight excluding hydrogens is 375 g/mol. The smallest absolute Gasteiger partial charge is 0.430 e. The third-order valence-corrected chi connectivity index (χ3v) is 5.80. The Balaban J connectivity index is 2.14. The van der Waals surface area contributed by atoms with Crippen LogP contribution in [-0.4, -0.2) is 48.8 Å². The van der Waals surface area contributed by atoms with Gasteiger partial charge in [0.1, 0.15) is 0 Å². The Morgan fingerprint density at radius 2 is 1.82 bits per heavy atom. The highest BCUT2D eigenvalue weighted by Gasteiger charge is 2.67. The van der Waals surface area contributed by atoms with Gasteiger partial charge in [-0.15, -0.1) is 0 Å². The average molecular weight is 397 g/mol. The molecular formula is C20H22F3NO4. The first kappa shape index (κ1) is 20.4. The summed E-state index contributed by atoms with van der Waals surface area (Å²) in [6, 6.07) is 6.08. The molecule has 0 radical (unpaired) electrons. The Bertz CT molecular complexity index is 807. The summed E-state index contributed by atoms with van der Waals surface area (Å²) in [4.78, 5) is 26.8. The largest absolute Gasteiger partial charge is 0.466 e. The van der Waals surface area contributed by atoms with Gasteiger partial charge in [0.05, 0.1) is 18.7 Å². The van der Waals surface area contributed by atoms with Crippen molar-refractivity contribution in [1.82, 2.24) is 4.90 Å². The Hall–Kier alpha value is -2.35. The number of alkyl halides is 3. The van der Waals surface area contributed by atoms with Crippen LogP contribution in [0.25, 0.3) is 0 Å². The van der Waals surface area contributed by atoms with E-state index in [9.17, 15) is 22.8 Å². The van der Waals surface area contributed by atoms with E-state index in [0.717, 1.165) is 7.11 Å². The number of amides is 1. The lowest BCUT2D eigenvalue weighted by Crippen LogP contribution is -2.63. The van der Waals surface area contributed by atoms with Crippen LogP contribution in [0.15, 0.2) is 42.0 Å². The average Bonchev–Trinajstić information content (AvgIpc) is 2.89. The fraction of sp³-hybridized carbons (Fsp3) is 0.500. The highest BCUT2D eigenvalue weighted by molar-refractivity contribution is 5.94. The molecule has 5 nitrogen and oxygen atoms in total. The molecule has 1 saturated heterocycles. The standard InChI is InChI=1S/C20H22F3NO4/c1-18-11-9-14(16(25)27-2)15(10-12-18)24(18)17(26)19(28-3,20(21,22)23)13-7-5-4-6-8-13/h4-9,15H,10-12H2,1-3H3/t15-,18-,19-/m1/s1. The SMILES string of the molecule is COC(=O)C1=CC[C@]2(C)CC[C@H]1N2C(=O)[C@](OC)(c1ccccc1)C(F)(F)F. The molecule has 1 aromatic rings. The van der Waals surface area contributed by atoms with Crippen molar-refractivity contribution in [3.63, 3.8) is 0 Å². The summed E-state index contributed by atoms with van der Waals surface area (Å²) in [5, 5.41) is 0. The first-order chi connectivity index (χ1) is 13.1. The molecule has 0 spiro atoms. The molecule has 1 amide bonds. The number of methoxy groups -OCH3 is 2. The van der Waals surface area contributed by atoms with Crippen molar-refractivity contribution in [3.05, 3.63) is 47.5 Å². The number of rotatable bonds is 4. The lowest BCUT2D eigenvalue weighted by Gasteiger charge is -2.46. The van der Waals surface area contributed by atoms with E-state index >= 15 is 0 Å². The molecule has 1 fully saturated rings. The lowest BCUT2D eigenvalue weighted by molar-refractivity contribution is -0.272. The first-order valence-corrected chi connectivity index (χ1v) is 8.92. The normalized spacial score (nSPS) is 26.4. The molecule has 2 aliphatic heterocycles. The number of nitrogens with zero attached hydrogens (tertiary/aromatic N) is 1. The van der Waals surface area contributed by atoms with E-state index in [1.165, 1.54) is 36.3 Å². The molecule has 0 N–H and O–H groups in total. The molecule has 2 bridgehead atoms. The first-order valence-electron chi connectivity index (χ1n) is 8.92. The maximum atomic E-state index is 14.3. The van der Waals surface area contributed by atoms with Gasteiger partial charge in [-0.25, -0.2) is 4.79 Å². The van der Waals surface area contributed by atoms with E-state index in [0.29, 0.717) is 12.8 Å². The number of benzene rings is 1. The Kier molecular flexibility index (Phi) is 5.04. The Morgan fingerprint density at radius 3 is 2.36 bits per heavy atom. The summed E-state index contributed by atoms with van der Waals surface area (Å²) in [5.41, 5.74) is -4.07. The monoisotopic (exact) mass is 397 g/mol. The van der Waals surface area contributed by atoms with Crippen molar-refractivity contribution in [2.24, 2.45) is 0 Å². The van der Waals surface area contributed by atoms with E-state index in [2.05, 4.69) is 0 Å².